The number of benzene rings is 1. The van der Waals surface area contributed by atoms with Crippen LogP contribution < -0.4 is 10.0 Å². The predicted molar refractivity (Wildman–Crippen MR) is 114 cm³/mol. The van der Waals surface area contributed by atoms with E-state index >= 15 is 0 Å². The molecule has 0 saturated carbocycles. The molecular formula is C19H20F3N5O3S2. The number of rotatable bonds is 7. The molecule has 13 heteroatoms. The van der Waals surface area contributed by atoms with E-state index in [0.29, 0.717) is 5.69 Å². The number of aromatic nitrogens is 3. The maximum absolute atomic E-state index is 13.0. The third kappa shape index (κ3) is 5.58. The fourth-order valence-electron chi connectivity index (χ4n) is 2.67. The highest BCUT2D eigenvalue weighted by Gasteiger charge is 2.31. The van der Waals surface area contributed by atoms with Gasteiger partial charge in [-0.25, -0.2) is 13.1 Å². The number of sulfonamides is 1. The Morgan fingerprint density at radius 1 is 1.06 bits per heavy atom. The minimum absolute atomic E-state index is 0.0574. The van der Waals surface area contributed by atoms with Crippen LogP contribution in [0.3, 0.4) is 0 Å². The monoisotopic (exact) mass is 487 g/mol. The SMILES string of the molecule is CC(C)NS(=O)(=O)c1ccc(NC(=O)[C@H](C)Sc2nnc3ccc(C(F)(F)F)cn23)cc1. The number of carbonyl (C=O) groups excluding carboxylic acids is 1. The Morgan fingerprint density at radius 2 is 1.72 bits per heavy atom. The van der Waals surface area contributed by atoms with Crippen LogP contribution in [0.5, 0.6) is 0 Å². The summed E-state index contributed by atoms with van der Waals surface area (Å²) >= 11 is 0.945. The smallest absolute Gasteiger partial charge is 0.325 e. The average Bonchev–Trinajstić information content (AvgIpc) is 3.09. The van der Waals surface area contributed by atoms with Crippen molar-refractivity contribution >= 4 is 39.0 Å². The largest absolute Gasteiger partial charge is 0.417 e. The second kappa shape index (κ2) is 9.08. The van der Waals surface area contributed by atoms with Gasteiger partial charge in [-0.15, -0.1) is 10.2 Å². The van der Waals surface area contributed by atoms with Gasteiger partial charge in [-0.3, -0.25) is 9.20 Å². The van der Waals surface area contributed by atoms with E-state index in [1.54, 1.807) is 20.8 Å². The lowest BCUT2D eigenvalue weighted by molar-refractivity contribution is -0.137. The highest BCUT2D eigenvalue weighted by molar-refractivity contribution is 8.00. The molecule has 0 aliphatic heterocycles. The molecule has 0 unspecified atom stereocenters. The van der Waals surface area contributed by atoms with Crippen LogP contribution in [0.15, 0.2) is 52.6 Å². The Morgan fingerprint density at radius 3 is 2.31 bits per heavy atom. The zero-order valence-electron chi connectivity index (χ0n) is 17.2. The highest BCUT2D eigenvalue weighted by Crippen LogP contribution is 2.31. The number of halogens is 3. The number of carbonyl (C=O) groups is 1. The van der Waals surface area contributed by atoms with Gasteiger partial charge in [0.2, 0.25) is 15.9 Å². The minimum atomic E-state index is -4.52. The zero-order chi connectivity index (χ0) is 23.7. The van der Waals surface area contributed by atoms with E-state index < -0.39 is 32.9 Å². The van der Waals surface area contributed by atoms with Crippen LogP contribution in [-0.2, 0) is 21.0 Å². The molecule has 0 bridgehead atoms. The number of thioether (sulfide) groups is 1. The van der Waals surface area contributed by atoms with E-state index in [1.807, 2.05) is 0 Å². The summed E-state index contributed by atoms with van der Waals surface area (Å²) in [5.41, 5.74) is -0.262. The van der Waals surface area contributed by atoms with Crippen LogP contribution in [0.2, 0.25) is 0 Å². The van der Waals surface area contributed by atoms with Crippen molar-refractivity contribution in [3.05, 3.63) is 48.2 Å². The van der Waals surface area contributed by atoms with Gasteiger partial charge in [0.05, 0.1) is 15.7 Å². The van der Waals surface area contributed by atoms with Crippen LogP contribution in [0, 0.1) is 0 Å². The molecule has 1 atom stereocenters. The van der Waals surface area contributed by atoms with Gasteiger partial charge in [-0.1, -0.05) is 11.8 Å². The van der Waals surface area contributed by atoms with Crippen LogP contribution in [-0.4, -0.2) is 40.2 Å². The first kappa shape index (κ1) is 24.0. The number of hydrogen-bond acceptors (Lipinski definition) is 6. The number of pyridine rings is 1. The number of nitrogens with zero attached hydrogens (tertiary/aromatic N) is 3. The topological polar surface area (TPSA) is 105 Å². The van der Waals surface area contributed by atoms with Crippen LogP contribution >= 0.6 is 11.8 Å². The number of amides is 1. The molecular weight excluding hydrogens is 467 g/mol. The van der Waals surface area contributed by atoms with Crippen molar-refractivity contribution in [3.8, 4) is 0 Å². The van der Waals surface area contributed by atoms with E-state index in [1.165, 1.54) is 34.7 Å². The second-order valence-corrected chi connectivity index (χ2v) is 10.2. The fourth-order valence-corrected chi connectivity index (χ4v) is 4.75. The van der Waals surface area contributed by atoms with Gasteiger partial charge < -0.3 is 5.32 Å². The Hall–Kier alpha value is -2.64. The van der Waals surface area contributed by atoms with Crippen LogP contribution in [0.1, 0.15) is 26.3 Å². The molecule has 3 rings (SSSR count). The first-order valence-electron chi connectivity index (χ1n) is 9.39. The number of alkyl halides is 3. The molecule has 8 nitrogen and oxygen atoms in total. The lowest BCUT2D eigenvalue weighted by Crippen LogP contribution is -2.30. The van der Waals surface area contributed by atoms with Gasteiger partial charge in [0.15, 0.2) is 10.8 Å². The molecule has 0 radical (unpaired) electrons. The van der Waals surface area contributed by atoms with Crippen molar-refractivity contribution in [1.29, 1.82) is 0 Å². The van der Waals surface area contributed by atoms with Crippen molar-refractivity contribution in [2.24, 2.45) is 0 Å². The first-order valence-corrected chi connectivity index (χ1v) is 11.7. The van der Waals surface area contributed by atoms with Gasteiger partial charge >= 0.3 is 6.18 Å². The van der Waals surface area contributed by atoms with E-state index in [2.05, 4.69) is 20.2 Å². The molecule has 0 fully saturated rings. The first-order chi connectivity index (χ1) is 14.9. The molecule has 0 saturated heterocycles. The van der Waals surface area contributed by atoms with Gasteiger partial charge in [0, 0.05) is 17.9 Å². The number of anilines is 1. The average molecular weight is 488 g/mol. The summed E-state index contributed by atoms with van der Waals surface area (Å²) in [6, 6.07) is 7.48. The molecule has 172 valence electrons. The van der Waals surface area contributed by atoms with Gasteiger partial charge in [-0.05, 0) is 57.2 Å². The lowest BCUT2D eigenvalue weighted by atomic mass is 10.3. The van der Waals surface area contributed by atoms with E-state index in [4.69, 9.17) is 0 Å². The van der Waals surface area contributed by atoms with Crippen molar-refractivity contribution in [2.75, 3.05) is 5.32 Å². The summed E-state index contributed by atoms with van der Waals surface area (Å²) in [6.45, 7) is 4.97. The summed E-state index contributed by atoms with van der Waals surface area (Å²) in [5.74, 6) is -0.436. The Labute approximate surface area is 186 Å². The summed E-state index contributed by atoms with van der Waals surface area (Å²) in [6.07, 6.45) is -3.64. The van der Waals surface area contributed by atoms with Gasteiger partial charge in [0.25, 0.3) is 0 Å². The Kier molecular flexibility index (Phi) is 6.81. The zero-order valence-corrected chi connectivity index (χ0v) is 18.8. The third-order valence-corrected chi connectivity index (χ3v) is 6.90. The summed E-state index contributed by atoms with van der Waals surface area (Å²) in [5, 5.41) is 9.75. The maximum Gasteiger partial charge on any atom is 0.417 e. The molecule has 32 heavy (non-hydrogen) atoms. The Bertz CT molecular complexity index is 1230. The Balaban J connectivity index is 1.70. The maximum atomic E-state index is 13.0. The highest BCUT2D eigenvalue weighted by atomic mass is 32.2. The summed E-state index contributed by atoms with van der Waals surface area (Å²) < 4.78 is 66.9. The summed E-state index contributed by atoms with van der Waals surface area (Å²) in [7, 11) is -3.66. The van der Waals surface area contributed by atoms with Crippen LogP contribution in [0.4, 0.5) is 18.9 Å². The van der Waals surface area contributed by atoms with Gasteiger partial charge in [-0.2, -0.15) is 13.2 Å². The number of hydrogen-bond donors (Lipinski definition) is 2. The molecule has 0 aliphatic carbocycles. The predicted octanol–water partition coefficient (Wildman–Crippen LogP) is 3.55. The second-order valence-electron chi connectivity index (χ2n) is 7.18. The standard InChI is InChI=1S/C19H20F3N5O3S2/c1-11(2)26-32(29,30)15-7-5-14(6-8-15)23-17(28)12(3)31-18-25-24-16-9-4-13(10-27(16)18)19(20,21)22/h4-12,26H,1-3H3,(H,23,28)/t12-/m0/s1. The van der Waals surface area contributed by atoms with E-state index in [-0.39, 0.29) is 21.7 Å². The quantitative estimate of drug-likeness (QED) is 0.494. The summed E-state index contributed by atoms with van der Waals surface area (Å²) in [4.78, 5) is 12.6. The van der Waals surface area contributed by atoms with E-state index in [9.17, 15) is 26.4 Å². The molecule has 2 heterocycles. The molecule has 1 amide bonds. The fraction of sp³-hybridized carbons (Fsp3) is 0.316. The molecule has 0 spiro atoms. The molecule has 2 aromatic heterocycles. The lowest BCUT2D eigenvalue weighted by Gasteiger charge is -2.13. The number of fused-ring (bicyclic) bond motifs is 1. The van der Waals surface area contributed by atoms with Crippen molar-refractivity contribution in [2.45, 2.75) is 48.3 Å². The third-order valence-electron chi connectivity index (χ3n) is 4.17. The molecule has 2 N–H and O–H groups in total. The molecule has 1 aromatic carbocycles. The van der Waals surface area contributed by atoms with Crippen LogP contribution in [0.25, 0.3) is 5.65 Å². The van der Waals surface area contributed by atoms with Crippen molar-refractivity contribution in [1.82, 2.24) is 19.3 Å². The minimum Gasteiger partial charge on any atom is -0.325 e. The van der Waals surface area contributed by atoms with Gasteiger partial charge in [0.1, 0.15) is 0 Å². The molecule has 0 aliphatic rings. The molecule has 3 aromatic rings. The van der Waals surface area contributed by atoms with E-state index in [0.717, 1.165) is 24.0 Å². The number of nitrogens with one attached hydrogen (secondary N) is 2. The van der Waals surface area contributed by atoms with Crippen molar-refractivity contribution < 1.29 is 26.4 Å². The van der Waals surface area contributed by atoms with Crippen molar-refractivity contribution in [3.63, 3.8) is 0 Å². The normalized spacial score (nSPS) is 13.5.